The maximum atomic E-state index is 12.4. The summed E-state index contributed by atoms with van der Waals surface area (Å²) in [6.45, 7) is 0.157. The zero-order valence-corrected chi connectivity index (χ0v) is 13.4. The number of aliphatic hydroxyl groups excluding tert-OH is 1. The van der Waals surface area contributed by atoms with Gasteiger partial charge in [0.05, 0.1) is 5.56 Å². The van der Waals surface area contributed by atoms with Crippen LogP contribution in [0.3, 0.4) is 0 Å². The van der Waals surface area contributed by atoms with E-state index in [0.29, 0.717) is 5.82 Å². The van der Waals surface area contributed by atoms with Gasteiger partial charge in [-0.25, -0.2) is 4.98 Å². The standard InChI is InChI=1S/C15H14BrF3N2O2/c16-11-3-6-14(20-7-11)21-8-12(22)9-23-13-4-1-10(2-5-13)15(17,18)19/h1-7,12,22H,8-9H2,(H,20,21). The highest BCUT2D eigenvalue weighted by Crippen LogP contribution is 2.30. The summed E-state index contributed by atoms with van der Waals surface area (Å²) in [6.07, 6.45) is -3.59. The van der Waals surface area contributed by atoms with Crippen molar-refractivity contribution in [2.75, 3.05) is 18.5 Å². The van der Waals surface area contributed by atoms with Gasteiger partial charge in [0.15, 0.2) is 0 Å². The van der Waals surface area contributed by atoms with Crippen LogP contribution in [-0.4, -0.2) is 29.3 Å². The molecule has 0 saturated carbocycles. The lowest BCUT2D eigenvalue weighted by atomic mass is 10.2. The Hall–Kier alpha value is -1.80. The lowest BCUT2D eigenvalue weighted by molar-refractivity contribution is -0.137. The zero-order valence-electron chi connectivity index (χ0n) is 11.8. The van der Waals surface area contributed by atoms with Crippen molar-refractivity contribution in [3.05, 3.63) is 52.6 Å². The maximum absolute atomic E-state index is 12.4. The molecule has 2 rings (SSSR count). The van der Waals surface area contributed by atoms with Gasteiger partial charge in [-0.2, -0.15) is 13.2 Å². The van der Waals surface area contributed by atoms with E-state index >= 15 is 0 Å². The Labute approximate surface area is 139 Å². The number of pyridine rings is 1. The molecule has 0 aliphatic heterocycles. The number of aliphatic hydroxyl groups is 1. The van der Waals surface area contributed by atoms with Gasteiger partial charge >= 0.3 is 6.18 Å². The number of aromatic nitrogens is 1. The molecule has 0 fully saturated rings. The Morgan fingerprint density at radius 1 is 1.17 bits per heavy atom. The van der Waals surface area contributed by atoms with Crippen molar-refractivity contribution in [1.82, 2.24) is 4.98 Å². The molecule has 1 atom stereocenters. The first-order valence-electron chi connectivity index (χ1n) is 6.68. The van der Waals surface area contributed by atoms with Crippen molar-refractivity contribution in [2.45, 2.75) is 12.3 Å². The minimum absolute atomic E-state index is 0.0467. The van der Waals surface area contributed by atoms with Gasteiger partial charge in [-0.05, 0) is 52.3 Å². The second kappa shape index (κ2) is 7.65. The molecule has 8 heteroatoms. The lowest BCUT2D eigenvalue weighted by Crippen LogP contribution is -2.26. The SMILES string of the molecule is OC(CNc1ccc(Br)cn1)COc1ccc(C(F)(F)F)cc1. The molecule has 0 radical (unpaired) electrons. The normalized spacial score (nSPS) is 12.7. The third-order valence-corrected chi connectivity index (χ3v) is 3.34. The van der Waals surface area contributed by atoms with E-state index in [-0.39, 0.29) is 18.9 Å². The van der Waals surface area contributed by atoms with Gasteiger partial charge in [-0.3, -0.25) is 0 Å². The van der Waals surface area contributed by atoms with Crippen LogP contribution in [0.2, 0.25) is 0 Å². The Bertz CT molecular complexity index is 618. The van der Waals surface area contributed by atoms with Gasteiger partial charge < -0.3 is 15.2 Å². The van der Waals surface area contributed by atoms with E-state index in [1.165, 1.54) is 12.1 Å². The van der Waals surface area contributed by atoms with Crippen molar-refractivity contribution in [3.63, 3.8) is 0 Å². The number of hydrogen-bond donors (Lipinski definition) is 2. The summed E-state index contributed by atoms with van der Waals surface area (Å²) >= 11 is 3.26. The molecule has 1 aromatic heterocycles. The fraction of sp³-hybridized carbons (Fsp3) is 0.267. The molecule has 0 aliphatic carbocycles. The molecule has 4 nitrogen and oxygen atoms in total. The van der Waals surface area contributed by atoms with Gasteiger partial charge in [0, 0.05) is 17.2 Å². The highest BCUT2D eigenvalue weighted by molar-refractivity contribution is 9.10. The van der Waals surface area contributed by atoms with E-state index in [2.05, 4.69) is 26.2 Å². The van der Waals surface area contributed by atoms with Crippen molar-refractivity contribution < 1.29 is 23.0 Å². The summed E-state index contributed by atoms with van der Waals surface area (Å²) in [5, 5.41) is 12.7. The summed E-state index contributed by atoms with van der Waals surface area (Å²) < 4.78 is 43.4. The molecular formula is C15H14BrF3N2O2. The fourth-order valence-electron chi connectivity index (χ4n) is 1.69. The average Bonchev–Trinajstić information content (AvgIpc) is 2.52. The Kier molecular flexibility index (Phi) is 5.84. The second-order valence-corrected chi connectivity index (χ2v) is 5.65. The molecule has 1 aromatic carbocycles. The number of benzene rings is 1. The molecule has 2 aromatic rings. The average molecular weight is 391 g/mol. The number of rotatable bonds is 6. The quantitative estimate of drug-likeness (QED) is 0.789. The van der Waals surface area contributed by atoms with E-state index in [1.54, 1.807) is 18.3 Å². The zero-order chi connectivity index (χ0) is 16.9. The van der Waals surface area contributed by atoms with Gasteiger partial charge in [0.1, 0.15) is 24.3 Å². The molecule has 124 valence electrons. The summed E-state index contributed by atoms with van der Waals surface area (Å²) in [5.41, 5.74) is -0.742. The second-order valence-electron chi connectivity index (χ2n) is 4.73. The van der Waals surface area contributed by atoms with Crippen LogP contribution >= 0.6 is 15.9 Å². The number of nitrogens with zero attached hydrogens (tertiary/aromatic N) is 1. The van der Waals surface area contributed by atoms with Crippen LogP contribution in [0.4, 0.5) is 19.0 Å². The molecule has 0 spiro atoms. The molecule has 2 N–H and O–H groups in total. The number of anilines is 1. The van der Waals surface area contributed by atoms with Crippen LogP contribution in [0.15, 0.2) is 47.1 Å². The third-order valence-electron chi connectivity index (χ3n) is 2.87. The topological polar surface area (TPSA) is 54.4 Å². The van der Waals surface area contributed by atoms with Crippen molar-refractivity contribution in [1.29, 1.82) is 0 Å². The van der Waals surface area contributed by atoms with E-state index in [1.807, 2.05) is 0 Å². The first kappa shape index (κ1) is 17.6. The number of ether oxygens (including phenoxy) is 1. The van der Waals surface area contributed by atoms with Gasteiger partial charge in [-0.15, -0.1) is 0 Å². The molecule has 1 heterocycles. The molecule has 23 heavy (non-hydrogen) atoms. The summed E-state index contributed by atoms with van der Waals surface area (Å²) in [4.78, 5) is 4.08. The third kappa shape index (κ3) is 5.72. The minimum atomic E-state index is -4.38. The van der Waals surface area contributed by atoms with E-state index < -0.39 is 17.8 Å². The number of halogens is 4. The van der Waals surface area contributed by atoms with Crippen molar-refractivity contribution in [2.24, 2.45) is 0 Å². The number of hydrogen-bond acceptors (Lipinski definition) is 4. The van der Waals surface area contributed by atoms with Gasteiger partial charge in [0.2, 0.25) is 0 Å². The first-order chi connectivity index (χ1) is 10.8. The highest BCUT2D eigenvalue weighted by atomic mass is 79.9. The molecule has 0 amide bonds. The van der Waals surface area contributed by atoms with Crippen LogP contribution in [0, 0.1) is 0 Å². The highest BCUT2D eigenvalue weighted by Gasteiger charge is 2.30. The maximum Gasteiger partial charge on any atom is 0.416 e. The molecule has 1 unspecified atom stereocenters. The Morgan fingerprint density at radius 2 is 1.87 bits per heavy atom. The lowest BCUT2D eigenvalue weighted by Gasteiger charge is -2.14. The van der Waals surface area contributed by atoms with E-state index in [0.717, 1.165) is 16.6 Å². The monoisotopic (exact) mass is 390 g/mol. The molecule has 0 saturated heterocycles. The summed E-state index contributed by atoms with van der Waals surface area (Å²) in [5.74, 6) is 0.862. The Morgan fingerprint density at radius 3 is 2.43 bits per heavy atom. The molecule has 0 bridgehead atoms. The number of nitrogens with one attached hydrogen (secondary N) is 1. The summed E-state index contributed by atoms with van der Waals surface area (Å²) in [6, 6.07) is 7.86. The summed E-state index contributed by atoms with van der Waals surface area (Å²) in [7, 11) is 0. The van der Waals surface area contributed by atoms with E-state index in [9.17, 15) is 18.3 Å². The van der Waals surface area contributed by atoms with Crippen LogP contribution in [0.5, 0.6) is 5.75 Å². The predicted molar refractivity (Wildman–Crippen MR) is 83.4 cm³/mol. The predicted octanol–water partition coefficient (Wildman–Crippen LogP) is 3.71. The molecular weight excluding hydrogens is 377 g/mol. The van der Waals surface area contributed by atoms with Gasteiger partial charge in [0.25, 0.3) is 0 Å². The number of alkyl halides is 3. The smallest absolute Gasteiger partial charge is 0.416 e. The van der Waals surface area contributed by atoms with Crippen LogP contribution in [-0.2, 0) is 6.18 Å². The van der Waals surface area contributed by atoms with Crippen LogP contribution < -0.4 is 10.1 Å². The van der Waals surface area contributed by atoms with Crippen molar-refractivity contribution >= 4 is 21.7 Å². The molecule has 0 aliphatic rings. The van der Waals surface area contributed by atoms with Crippen molar-refractivity contribution in [3.8, 4) is 5.75 Å². The van der Waals surface area contributed by atoms with Crippen LogP contribution in [0.1, 0.15) is 5.56 Å². The fourth-order valence-corrected chi connectivity index (χ4v) is 1.93. The minimum Gasteiger partial charge on any atom is -0.491 e. The Balaban J connectivity index is 1.77. The largest absolute Gasteiger partial charge is 0.491 e. The van der Waals surface area contributed by atoms with Gasteiger partial charge in [-0.1, -0.05) is 0 Å². The first-order valence-corrected chi connectivity index (χ1v) is 7.47. The van der Waals surface area contributed by atoms with Crippen LogP contribution in [0.25, 0.3) is 0 Å². The van der Waals surface area contributed by atoms with E-state index in [4.69, 9.17) is 4.74 Å².